The van der Waals surface area contributed by atoms with Gasteiger partial charge in [-0.05, 0) is 68.4 Å². The van der Waals surface area contributed by atoms with Gasteiger partial charge in [0.05, 0.1) is 38.4 Å². The summed E-state index contributed by atoms with van der Waals surface area (Å²) < 4.78 is 45.5. The molecule has 2 N–H and O–H groups in total. The summed E-state index contributed by atoms with van der Waals surface area (Å²) in [5.41, 5.74) is 4.57. The number of hydrogen-bond acceptors (Lipinski definition) is 8. The molecule has 0 saturated carbocycles. The fourth-order valence-electron chi connectivity index (χ4n) is 5.38. The van der Waals surface area contributed by atoms with E-state index in [0.717, 1.165) is 25.6 Å². The monoisotopic (exact) mass is 606 g/mol. The molecule has 6 rings (SSSR count). The van der Waals surface area contributed by atoms with E-state index in [1.54, 1.807) is 12.1 Å². The van der Waals surface area contributed by atoms with E-state index in [0.29, 0.717) is 48.4 Å². The number of halogens is 1. The van der Waals surface area contributed by atoms with Crippen LogP contribution in [0.5, 0.6) is 0 Å². The topological polar surface area (TPSA) is 126 Å². The molecule has 2 saturated heterocycles. The molecule has 11 nitrogen and oxygen atoms in total. The lowest BCUT2D eigenvalue weighted by Gasteiger charge is -2.35. The van der Waals surface area contributed by atoms with Crippen molar-refractivity contribution in [3.63, 3.8) is 0 Å². The number of hydrogen-bond donors (Lipinski definition) is 2. The number of aromatic nitrogens is 2. The maximum absolute atomic E-state index is 13.9. The molecule has 4 aromatic rings. The van der Waals surface area contributed by atoms with Gasteiger partial charge in [0.1, 0.15) is 11.9 Å². The highest BCUT2D eigenvalue weighted by atomic mass is 32.2. The van der Waals surface area contributed by atoms with Crippen molar-refractivity contribution in [1.82, 2.24) is 14.8 Å². The molecule has 0 spiro atoms. The number of anilines is 2. The molecule has 0 bridgehead atoms. The lowest BCUT2D eigenvalue weighted by molar-refractivity contribution is -0.124. The number of rotatable bonds is 7. The molecule has 2 fully saturated rings. The minimum absolute atomic E-state index is 0.0315. The van der Waals surface area contributed by atoms with E-state index in [4.69, 9.17) is 4.74 Å². The fraction of sp³-hybridized carbons (Fsp3) is 0.300. The van der Waals surface area contributed by atoms with Crippen molar-refractivity contribution in [2.45, 2.75) is 28.7 Å². The summed E-state index contributed by atoms with van der Waals surface area (Å²) in [5.74, 6) is -1.46. The number of fused-ring (bicyclic) bond motifs is 1. The first-order chi connectivity index (χ1) is 20.7. The third kappa shape index (κ3) is 5.83. The summed E-state index contributed by atoms with van der Waals surface area (Å²) >= 11 is 0. The Kier molecular flexibility index (Phi) is 7.86. The van der Waals surface area contributed by atoms with Crippen molar-refractivity contribution in [2.75, 3.05) is 55.5 Å². The van der Waals surface area contributed by atoms with Crippen molar-refractivity contribution >= 4 is 43.9 Å². The Morgan fingerprint density at radius 3 is 2.51 bits per heavy atom. The zero-order valence-electron chi connectivity index (χ0n) is 23.5. The zero-order chi connectivity index (χ0) is 30.1. The highest BCUT2D eigenvalue weighted by molar-refractivity contribution is 7.91. The third-order valence-corrected chi connectivity index (χ3v) is 9.51. The quantitative estimate of drug-likeness (QED) is 0.329. The highest BCUT2D eigenvalue weighted by Crippen LogP contribution is 2.30. The third-order valence-electron chi connectivity index (χ3n) is 7.76. The van der Waals surface area contributed by atoms with Gasteiger partial charge in [0.15, 0.2) is 0 Å². The van der Waals surface area contributed by atoms with Crippen molar-refractivity contribution < 1.29 is 27.1 Å². The number of nitrogens with zero attached hydrogens (tertiary/aromatic N) is 4. The average molecular weight is 607 g/mol. The number of benzene rings is 3. The first-order valence-corrected chi connectivity index (χ1v) is 15.5. The standard InChI is InChI=1S/C30H31FN6O5S/c1-35-12-14-36(15-13-35)26-8-3-7-24(33-29(38)27-9-4-16-42-27)28(26)30(39)34-37-25-11-10-23(17-20(25)19-32-37)43(40,41)22-6-2-5-21(31)18-22/h2-3,5-8,10-11,17-19,27H,4,9,12-16H2,1H3,(H,33,38)(H,34,39)/t27-/m0/s1. The molecule has 2 amide bonds. The zero-order valence-corrected chi connectivity index (χ0v) is 24.3. The second kappa shape index (κ2) is 11.7. The normalized spacial score (nSPS) is 17.7. The number of ether oxygens (including phenoxy) is 1. The molecule has 0 radical (unpaired) electrons. The maximum Gasteiger partial charge on any atom is 0.275 e. The van der Waals surface area contributed by atoms with Crippen LogP contribution in [0.3, 0.4) is 0 Å². The van der Waals surface area contributed by atoms with Crippen LogP contribution in [0.1, 0.15) is 23.2 Å². The Labute approximate surface area is 248 Å². The van der Waals surface area contributed by atoms with Crippen molar-refractivity contribution in [3.8, 4) is 0 Å². The van der Waals surface area contributed by atoms with Gasteiger partial charge >= 0.3 is 0 Å². The molecule has 0 aliphatic carbocycles. The average Bonchev–Trinajstić information content (AvgIpc) is 3.68. The smallest absolute Gasteiger partial charge is 0.275 e. The van der Waals surface area contributed by atoms with E-state index < -0.39 is 27.7 Å². The van der Waals surface area contributed by atoms with Crippen LogP contribution < -0.4 is 15.6 Å². The van der Waals surface area contributed by atoms with Gasteiger partial charge in [-0.1, -0.05) is 12.1 Å². The van der Waals surface area contributed by atoms with Gasteiger partial charge < -0.3 is 19.9 Å². The summed E-state index contributed by atoms with van der Waals surface area (Å²) in [6, 6.07) is 14.5. The van der Waals surface area contributed by atoms with Crippen LogP contribution in [0.25, 0.3) is 10.9 Å². The molecule has 2 aliphatic heterocycles. The van der Waals surface area contributed by atoms with Crippen LogP contribution in [0.15, 0.2) is 76.7 Å². The van der Waals surface area contributed by atoms with Gasteiger partial charge in [0.25, 0.3) is 11.8 Å². The molecule has 2 aliphatic rings. The number of sulfone groups is 1. The number of carbonyl (C=O) groups is 2. The number of carbonyl (C=O) groups excluding carboxylic acids is 2. The van der Waals surface area contributed by atoms with Gasteiger partial charge in [-0.25, -0.2) is 18.2 Å². The lowest BCUT2D eigenvalue weighted by atomic mass is 10.1. The Hall–Kier alpha value is -4.33. The second-order valence-corrected chi connectivity index (χ2v) is 12.6. The van der Waals surface area contributed by atoms with Crippen LogP contribution in [0, 0.1) is 5.82 Å². The molecule has 224 valence electrons. The molecule has 13 heteroatoms. The van der Waals surface area contributed by atoms with Gasteiger partial charge in [0.2, 0.25) is 9.84 Å². The Bertz CT molecular complexity index is 1800. The first kappa shape index (κ1) is 28.8. The largest absolute Gasteiger partial charge is 0.368 e. The van der Waals surface area contributed by atoms with E-state index in [-0.39, 0.29) is 21.3 Å². The van der Waals surface area contributed by atoms with Crippen molar-refractivity contribution in [2.24, 2.45) is 0 Å². The highest BCUT2D eigenvalue weighted by Gasteiger charge is 2.28. The van der Waals surface area contributed by atoms with Crippen LogP contribution in [-0.4, -0.2) is 81.0 Å². The van der Waals surface area contributed by atoms with Crippen LogP contribution in [-0.2, 0) is 19.4 Å². The Morgan fingerprint density at radius 2 is 1.77 bits per heavy atom. The minimum atomic E-state index is -3.98. The van der Waals surface area contributed by atoms with Gasteiger partial charge in [-0.3, -0.25) is 9.59 Å². The van der Waals surface area contributed by atoms with Crippen LogP contribution >= 0.6 is 0 Å². The number of piperazine rings is 1. The van der Waals surface area contributed by atoms with E-state index in [1.807, 2.05) is 13.1 Å². The van der Waals surface area contributed by atoms with E-state index >= 15 is 0 Å². The summed E-state index contributed by atoms with van der Waals surface area (Å²) in [6.07, 6.45) is 2.27. The van der Waals surface area contributed by atoms with Gasteiger partial charge in [-0.15, -0.1) is 0 Å². The lowest BCUT2D eigenvalue weighted by Crippen LogP contribution is -2.45. The fourth-order valence-corrected chi connectivity index (χ4v) is 6.71. The Balaban J connectivity index is 1.31. The SMILES string of the molecule is CN1CCN(c2cccc(NC(=O)[C@@H]3CCCO3)c2C(=O)Nn2ncc3cc(S(=O)(=O)c4cccc(F)c4)ccc32)CC1. The van der Waals surface area contributed by atoms with E-state index in [1.165, 1.54) is 47.4 Å². The molecule has 3 heterocycles. The maximum atomic E-state index is 13.9. The molecule has 0 unspecified atom stereocenters. The summed E-state index contributed by atoms with van der Waals surface area (Å²) in [4.78, 5) is 32.3. The number of likely N-dealkylation sites (N-methyl/N-ethyl adjacent to an activating group) is 1. The van der Waals surface area contributed by atoms with E-state index in [2.05, 4.69) is 25.6 Å². The first-order valence-electron chi connectivity index (χ1n) is 14.0. The minimum Gasteiger partial charge on any atom is -0.368 e. The predicted octanol–water partition coefficient (Wildman–Crippen LogP) is 3.26. The molecular formula is C30H31FN6O5S. The van der Waals surface area contributed by atoms with Crippen molar-refractivity contribution in [1.29, 1.82) is 0 Å². The molecule has 3 aromatic carbocycles. The van der Waals surface area contributed by atoms with Gasteiger partial charge in [0, 0.05) is 38.2 Å². The summed E-state index contributed by atoms with van der Waals surface area (Å²) in [7, 11) is -1.94. The second-order valence-electron chi connectivity index (χ2n) is 10.7. The van der Waals surface area contributed by atoms with Crippen molar-refractivity contribution in [3.05, 3.63) is 78.2 Å². The van der Waals surface area contributed by atoms with E-state index in [9.17, 15) is 22.4 Å². The number of nitrogens with one attached hydrogen (secondary N) is 2. The molecule has 1 aromatic heterocycles. The molecule has 43 heavy (non-hydrogen) atoms. The van der Waals surface area contributed by atoms with Gasteiger partial charge in [-0.2, -0.15) is 9.89 Å². The summed E-state index contributed by atoms with van der Waals surface area (Å²) in [5, 5.41) is 7.63. The summed E-state index contributed by atoms with van der Waals surface area (Å²) in [6.45, 7) is 3.56. The molecule has 1 atom stereocenters. The predicted molar refractivity (Wildman–Crippen MR) is 159 cm³/mol. The van der Waals surface area contributed by atoms with Crippen LogP contribution in [0.2, 0.25) is 0 Å². The molecular weight excluding hydrogens is 575 g/mol. The Morgan fingerprint density at radius 1 is 1.00 bits per heavy atom. The number of amides is 2. The van der Waals surface area contributed by atoms with Crippen LogP contribution in [0.4, 0.5) is 15.8 Å².